The molecule has 0 saturated heterocycles. The number of nitrogens with two attached hydrogens (primary N) is 1. The Morgan fingerprint density at radius 3 is 2.56 bits per heavy atom. The molecule has 5 nitrogen and oxygen atoms in total. The van der Waals surface area contributed by atoms with Crippen molar-refractivity contribution >= 4 is 23.4 Å². The summed E-state index contributed by atoms with van der Waals surface area (Å²) < 4.78 is 26.3. The lowest BCUT2D eigenvalue weighted by molar-refractivity contribution is -0.125. The fourth-order valence-corrected chi connectivity index (χ4v) is 1.23. The molecule has 0 saturated carbocycles. The molecule has 98 valence electrons. The minimum atomic E-state index is -1.60. The van der Waals surface area contributed by atoms with Crippen LogP contribution < -0.4 is 11.1 Å². The van der Waals surface area contributed by atoms with Crippen molar-refractivity contribution in [3.8, 4) is 0 Å². The van der Waals surface area contributed by atoms with Gasteiger partial charge in [0.25, 0.3) is 5.91 Å². The van der Waals surface area contributed by atoms with Gasteiger partial charge in [-0.1, -0.05) is 11.6 Å². The number of aliphatic hydroxyl groups excluding tert-OH is 1. The first kappa shape index (κ1) is 14.3. The summed E-state index contributed by atoms with van der Waals surface area (Å²) in [6.45, 7) is -0.502. The van der Waals surface area contributed by atoms with Crippen LogP contribution in [-0.2, 0) is 4.79 Å². The van der Waals surface area contributed by atoms with Crippen molar-refractivity contribution in [2.45, 2.75) is 6.10 Å². The highest BCUT2D eigenvalue weighted by molar-refractivity contribution is 6.30. The van der Waals surface area contributed by atoms with Gasteiger partial charge < -0.3 is 16.2 Å². The molecule has 2 amide bonds. The maximum Gasteiger partial charge on any atom is 0.254 e. The van der Waals surface area contributed by atoms with Crippen LogP contribution in [0, 0.1) is 11.6 Å². The standard InChI is InChI=1S/C10H9ClF2N2O3/c11-5-2-6(12)4(1-7(5)13)10(18)15-3-8(16)9(14)17/h1-2,8,16H,3H2,(H2,14,17)(H,15,18). The molecule has 1 rings (SSSR count). The van der Waals surface area contributed by atoms with Crippen LogP contribution in [0.3, 0.4) is 0 Å². The SMILES string of the molecule is NC(=O)C(O)CNC(=O)c1cc(F)c(Cl)cc1F. The summed E-state index contributed by atoms with van der Waals surface area (Å²) in [5, 5.41) is 10.6. The highest BCUT2D eigenvalue weighted by Crippen LogP contribution is 2.19. The predicted octanol–water partition coefficient (Wildman–Crippen LogP) is 0.194. The molecular weight excluding hydrogens is 270 g/mol. The number of nitrogens with one attached hydrogen (secondary N) is 1. The zero-order chi connectivity index (χ0) is 13.9. The summed E-state index contributed by atoms with van der Waals surface area (Å²) in [4.78, 5) is 21.9. The van der Waals surface area contributed by atoms with Gasteiger partial charge in [-0.15, -0.1) is 0 Å². The van der Waals surface area contributed by atoms with Gasteiger partial charge in [0, 0.05) is 0 Å². The lowest BCUT2D eigenvalue weighted by Gasteiger charge is -2.09. The highest BCUT2D eigenvalue weighted by atomic mass is 35.5. The number of aliphatic hydroxyl groups is 1. The molecule has 0 radical (unpaired) electrons. The fourth-order valence-electron chi connectivity index (χ4n) is 1.08. The van der Waals surface area contributed by atoms with Gasteiger partial charge >= 0.3 is 0 Å². The summed E-state index contributed by atoms with van der Waals surface area (Å²) >= 11 is 5.31. The number of rotatable bonds is 4. The van der Waals surface area contributed by atoms with Gasteiger partial charge in [0.15, 0.2) is 0 Å². The molecule has 0 aromatic heterocycles. The molecule has 18 heavy (non-hydrogen) atoms. The molecule has 0 bridgehead atoms. The van der Waals surface area contributed by atoms with Gasteiger partial charge in [0.05, 0.1) is 17.1 Å². The second-order valence-corrected chi connectivity index (χ2v) is 3.78. The van der Waals surface area contributed by atoms with Gasteiger partial charge in [-0.05, 0) is 12.1 Å². The molecule has 1 aromatic rings. The number of hydrogen-bond acceptors (Lipinski definition) is 3. The van der Waals surface area contributed by atoms with Gasteiger partial charge in [0.2, 0.25) is 5.91 Å². The van der Waals surface area contributed by atoms with Gasteiger partial charge in [-0.3, -0.25) is 9.59 Å². The van der Waals surface area contributed by atoms with Crippen LogP contribution in [0.25, 0.3) is 0 Å². The van der Waals surface area contributed by atoms with Crippen molar-refractivity contribution in [2.75, 3.05) is 6.54 Å². The first-order valence-electron chi connectivity index (χ1n) is 4.73. The number of hydrogen-bond donors (Lipinski definition) is 3. The maximum atomic E-state index is 13.3. The van der Waals surface area contributed by atoms with Gasteiger partial charge in [-0.2, -0.15) is 0 Å². The van der Waals surface area contributed by atoms with E-state index in [4.69, 9.17) is 22.4 Å². The highest BCUT2D eigenvalue weighted by Gasteiger charge is 2.17. The van der Waals surface area contributed by atoms with Crippen LogP contribution in [0.2, 0.25) is 5.02 Å². The molecule has 1 unspecified atom stereocenters. The van der Waals surface area contributed by atoms with Crippen molar-refractivity contribution < 1.29 is 23.5 Å². The summed E-state index contributed by atoms with van der Waals surface area (Å²) in [5.74, 6) is -4.02. The normalized spacial score (nSPS) is 12.0. The molecule has 1 atom stereocenters. The van der Waals surface area contributed by atoms with Crippen molar-refractivity contribution in [2.24, 2.45) is 5.73 Å². The molecule has 0 aliphatic rings. The molecule has 8 heteroatoms. The number of halogens is 3. The zero-order valence-electron chi connectivity index (χ0n) is 8.91. The number of benzene rings is 1. The van der Waals surface area contributed by atoms with Crippen LogP contribution in [-0.4, -0.2) is 29.6 Å². The van der Waals surface area contributed by atoms with E-state index in [0.29, 0.717) is 12.1 Å². The van der Waals surface area contributed by atoms with Crippen LogP contribution in [0.4, 0.5) is 8.78 Å². The average molecular weight is 279 g/mol. The van der Waals surface area contributed by atoms with Crippen LogP contribution in [0.15, 0.2) is 12.1 Å². The third-order valence-corrected chi connectivity index (χ3v) is 2.33. The second-order valence-electron chi connectivity index (χ2n) is 3.37. The Labute approximate surface area is 106 Å². The zero-order valence-corrected chi connectivity index (χ0v) is 9.67. The molecule has 0 aliphatic heterocycles. The summed E-state index contributed by atoms with van der Waals surface area (Å²) in [7, 11) is 0. The molecule has 4 N–H and O–H groups in total. The summed E-state index contributed by atoms with van der Waals surface area (Å²) in [5.41, 5.74) is 4.15. The van der Waals surface area contributed by atoms with E-state index in [2.05, 4.69) is 0 Å². The molecule has 0 spiro atoms. The Kier molecular flexibility index (Phi) is 4.57. The Morgan fingerprint density at radius 1 is 1.39 bits per heavy atom. The average Bonchev–Trinajstić information content (AvgIpc) is 2.30. The van der Waals surface area contributed by atoms with Crippen molar-refractivity contribution in [3.05, 3.63) is 34.4 Å². The monoisotopic (exact) mass is 278 g/mol. The number of carbonyl (C=O) groups excluding carboxylic acids is 2. The van der Waals surface area contributed by atoms with Crippen LogP contribution >= 0.6 is 11.6 Å². The largest absolute Gasteiger partial charge is 0.381 e. The van der Waals surface area contributed by atoms with E-state index >= 15 is 0 Å². The lowest BCUT2D eigenvalue weighted by atomic mass is 10.2. The Balaban J connectivity index is 2.79. The third kappa shape index (κ3) is 3.38. The Hall–Kier alpha value is -1.73. The third-order valence-electron chi connectivity index (χ3n) is 2.04. The molecule has 0 heterocycles. The van der Waals surface area contributed by atoms with E-state index in [1.165, 1.54) is 0 Å². The summed E-state index contributed by atoms with van der Waals surface area (Å²) in [6, 6.07) is 1.26. The summed E-state index contributed by atoms with van der Waals surface area (Å²) in [6.07, 6.45) is -1.60. The number of carbonyl (C=O) groups is 2. The molecule has 1 aromatic carbocycles. The quantitative estimate of drug-likeness (QED) is 0.687. The maximum absolute atomic E-state index is 13.3. The van der Waals surface area contributed by atoms with E-state index in [0.717, 1.165) is 0 Å². The van der Waals surface area contributed by atoms with Crippen molar-refractivity contribution in [1.29, 1.82) is 0 Å². The Morgan fingerprint density at radius 2 is 2.00 bits per heavy atom. The van der Waals surface area contributed by atoms with E-state index in [9.17, 15) is 18.4 Å². The minimum Gasteiger partial charge on any atom is -0.381 e. The Bertz CT molecular complexity index is 496. The molecular formula is C10H9ClF2N2O3. The second kappa shape index (κ2) is 5.74. The van der Waals surface area contributed by atoms with Crippen molar-refractivity contribution in [3.63, 3.8) is 0 Å². The van der Waals surface area contributed by atoms with Gasteiger partial charge in [0.1, 0.15) is 17.7 Å². The molecule has 0 aliphatic carbocycles. The van der Waals surface area contributed by atoms with Crippen molar-refractivity contribution in [1.82, 2.24) is 5.32 Å². The van der Waals surface area contributed by atoms with E-state index in [1.807, 2.05) is 5.32 Å². The topological polar surface area (TPSA) is 92.4 Å². The predicted molar refractivity (Wildman–Crippen MR) is 58.9 cm³/mol. The fraction of sp³-hybridized carbons (Fsp3) is 0.200. The number of primary amides is 1. The van der Waals surface area contributed by atoms with Crippen LogP contribution in [0.1, 0.15) is 10.4 Å². The first-order chi connectivity index (χ1) is 8.32. The van der Waals surface area contributed by atoms with E-state index < -0.39 is 46.7 Å². The lowest BCUT2D eigenvalue weighted by Crippen LogP contribution is -2.40. The molecule has 0 fully saturated rings. The van der Waals surface area contributed by atoms with Gasteiger partial charge in [-0.25, -0.2) is 8.78 Å². The smallest absolute Gasteiger partial charge is 0.254 e. The van der Waals surface area contributed by atoms with E-state index in [-0.39, 0.29) is 0 Å². The van der Waals surface area contributed by atoms with Crippen LogP contribution in [0.5, 0.6) is 0 Å². The van der Waals surface area contributed by atoms with E-state index in [1.54, 1.807) is 0 Å². The minimum absolute atomic E-state index is 0.457. The first-order valence-corrected chi connectivity index (χ1v) is 5.11. The number of amides is 2.